The second-order valence-corrected chi connectivity index (χ2v) is 7.19. The van der Waals surface area contributed by atoms with Gasteiger partial charge in [-0.3, -0.25) is 4.79 Å². The van der Waals surface area contributed by atoms with Crippen molar-refractivity contribution < 1.29 is 13.9 Å². The third-order valence-electron chi connectivity index (χ3n) is 4.28. The first kappa shape index (κ1) is 19.0. The van der Waals surface area contributed by atoms with E-state index >= 15 is 0 Å². The molecule has 1 amide bonds. The summed E-state index contributed by atoms with van der Waals surface area (Å²) in [6.07, 6.45) is 3.18. The molecule has 6 heteroatoms. The molecule has 0 fully saturated rings. The molecule has 4 aromatic rings. The van der Waals surface area contributed by atoms with Gasteiger partial charge in [0.1, 0.15) is 11.3 Å². The summed E-state index contributed by atoms with van der Waals surface area (Å²) in [5.41, 5.74) is 3.76. The number of para-hydroxylation sites is 2. The van der Waals surface area contributed by atoms with Crippen molar-refractivity contribution in [2.75, 3.05) is 12.4 Å². The molecular formula is C23H17BrN2O3. The van der Waals surface area contributed by atoms with E-state index in [1.54, 1.807) is 13.2 Å². The van der Waals surface area contributed by atoms with Crippen LogP contribution in [0.1, 0.15) is 5.56 Å². The normalized spacial score (nSPS) is 11.1. The number of carbonyl (C=O) groups excluding carboxylic acids is 1. The molecule has 0 saturated heterocycles. The molecule has 0 aliphatic carbocycles. The molecule has 0 bridgehead atoms. The quantitative estimate of drug-likeness (QED) is 0.385. The molecule has 1 N–H and O–H groups in total. The number of hydrogen-bond acceptors (Lipinski definition) is 4. The summed E-state index contributed by atoms with van der Waals surface area (Å²) >= 11 is 3.42. The van der Waals surface area contributed by atoms with E-state index in [2.05, 4.69) is 26.2 Å². The molecule has 29 heavy (non-hydrogen) atoms. The molecule has 5 nitrogen and oxygen atoms in total. The molecule has 0 atom stereocenters. The Kier molecular flexibility index (Phi) is 5.44. The van der Waals surface area contributed by atoms with E-state index < -0.39 is 0 Å². The maximum atomic E-state index is 12.4. The fraction of sp³-hybridized carbons (Fsp3) is 0.0435. The van der Waals surface area contributed by atoms with Crippen molar-refractivity contribution in [3.05, 3.63) is 82.8 Å². The third-order valence-corrected chi connectivity index (χ3v) is 4.77. The van der Waals surface area contributed by atoms with Crippen molar-refractivity contribution in [2.24, 2.45) is 0 Å². The average molecular weight is 449 g/mol. The van der Waals surface area contributed by atoms with Crippen molar-refractivity contribution in [1.82, 2.24) is 4.98 Å². The highest BCUT2D eigenvalue weighted by Gasteiger charge is 2.09. The SMILES string of the molecule is COc1ccc(Br)cc1/C=C/C(=O)Nc1cccc(-c2nc3ccccc3o2)c1. The zero-order valence-electron chi connectivity index (χ0n) is 15.6. The summed E-state index contributed by atoms with van der Waals surface area (Å²) in [6, 6.07) is 20.6. The summed E-state index contributed by atoms with van der Waals surface area (Å²) in [5.74, 6) is 0.952. The molecule has 0 radical (unpaired) electrons. The summed E-state index contributed by atoms with van der Waals surface area (Å²) < 4.78 is 12.0. The van der Waals surface area contributed by atoms with Crippen LogP contribution in [0, 0.1) is 0 Å². The van der Waals surface area contributed by atoms with Gasteiger partial charge in [-0.25, -0.2) is 4.98 Å². The van der Waals surface area contributed by atoms with Gasteiger partial charge in [-0.05, 0) is 54.6 Å². The Labute approximate surface area is 176 Å². The van der Waals surface area contributed by atoms with Crippen LogP contribution in [-0.4, -0.2) is 18.0 Å². The van der Waals surface area contributed by atoms with Gasteiger partial charge in [-0.2, -0.15) is 0 Å². The van der Waals surface area contributed by atoms with Crippen molar-refractivity contribution in [1.29, 1.82) is 0 Å². The number of anilines is 1. The highest BCUT2D eigenvalue weighted by Crippen LogP contribution is 2.26. The number of ether oxygens (including phenoxy) is 1. The van der Waals surface area contributed by atoms with Gasteiger partial charge in [0.15, 0.2) is 5.58 Å². The summed E-state index contributed by atoms with van der Waals surface area (Å²) in [7, 11) is 1.60. The van der Waals surface area contributed by atoms with E-state index in [4.69, 9.17) is 9.15 Å². The Bertz CT molecular complexity index is 1180. The Morgan fingerprint density at radius 3 is 2.79 bits per heavy atom. The van der Waals surface area contributed by atoms with Gasteiger partial charge in [0.25, 0.3) is 0 Å². The van der Waals surface area contributed by atoms with E-state index in [0.29, 0.717) is 17.3 Å². The van der Waals surface area contributed by atoms with Crippen LogP contribution in [-0.2, 0) is 4.79 Å². The third kappa shape index (κ3) is 4.38. The highest BCUT2D eigenvalue weighted by molar-refractivity contribution is 9.10. The average Bonchev–Trinajstić information content (AvgIpc) is 3.17. The lowest BCUT2D eigenvalue weighted by Crippen LogP contribution is -2.07. The number of benzene rings is 3. The molecule has 144 valence electrons. The fourth-order valence-electron chi connectivity index (χ4n) is 2.91. The first-order valence-electron chi connectivity index (χ1n) is 8.91. The molecule has 3 aromatic carbocycles. The van der Waals surface area contributed by atoms with Gasteiger partial charge >= 0.3 is 0 Å². The zero-order valence-corrected chi connectivity index (χ0v) is 17.1. The lowest BCUT2D eigenvalue weighted by Gasteiger charge is -2.06. The predicted molar refractivity (Wildman–Crippen MR) is 118 cm³/mol. The Morgan fingerprint density at radius 1 is 1.10 bits per heavy atom. The fourth-order valence-corrected chi connectivity index (χ4v) is 3.29. The van der Waals surface area contributed by atoms with Gasteiger partial charge in [0.2, 0.25) is 11.8 Å². The number of methoxy groups -OCH3 is 1. The number of hydrogen-bond donors (Lipinski definition) is 1. The molecule has 1 aromatic heterocycles. The molecule has 1 heterocycles. The topological polar surface area (TPSA) is 64.4 Å². The summed E-state index contributed by atoms with van der Waals surface area (Å²) in [5, 5.41) is 2.86. The number of halogens is 1. The molecule has 0 saturated carbocycles. The number of carbonyl (C=O) groups is 1. The predicted octanol–water partition coefficient (Wildman–Crippen LogP) is 5.92. The number of oxazole rings is 1. The van der Waals surface area contributed by atoms with Crippen LogP contribution in [0.4, 0.5) is 5.69 Å². The highest BCUT2D eigenvalue weighted by atomic mass is 79.9. The number of nitrogens with zero attached hydrogens (tertiary/aromatic N) is 1. The molecule has 0 spiro atoms. The van der Waals surface area contributed by atoms with E-state index in [1.165, 1.54) is 6.08 Å². The minimum atomic E-state index is -0.248. The number of fused-ring (bicyclic) bond motifs is 1. The van der Waals surface area contributed by atoms with Gasteiger partial charge in [-0.15, -0.1) is 0 Å². The van der Waals surface area contributed by atoms with Gasteiger partial charge in [0.05, 0.1) is 7.11 Å². The molecule has 0 aliphatic heterocycles. The largest absolute Gasteiger partial charge is 0.496 e. The van der Waals surface area contributed by atoms with Gasteiger partial charge in [0, 0.05) is 27.4 Å². The number of rotatable bonds is 5. The Morgan fingerprint density at radius 2 is 1.97 bits per heavy atom. The molecular weight excluding hydrogens is 432 g/mol. The van der Waals surface area contributed by atoms with Gasteiger partial charge < -0.3 is 14.5 Å². The molecule has 4 rings (SSSR count). The Hall–Kier alpha value is -3.38. The number of nitrogens with one attached hydrogen (secondary N) is 1. The smallest absolute Gasteiger partial charge is 0.248 e. The van der Waals surface area contributed by atoms with Crippen molar-refractivity contribution in [2.45, 2.75) is 0 Å². The summed E-state index contributed by atoms with van der Waals surface area (Å²) in [4.78, 5) is 16.9. The van der Waals surface area contributed by atoms with Crippen molar-refractivity contribution in [3.8, 4) is 17.2 Å². The lowest BCUT2D eigenvalue weighted by atomic mass is 10.2. The maximum absolute atomic E-state index is 12.4. The van der Waals surface area contributed by atoms with E-state index in [1.807, 2.05) is 66.7 Å². The summed E-state index contributed by atoms with van der Waals surface area (Å²) in [6.45, 7) is 0. The molecule has 0 aliphatic rings. The number of amides is 1. The first-order chi connectivity index (χ1) is 14.1. The number of aromatic nitrogens is 1. The Balaban J connectivity index is 1.52. The first-order valence-corrected chi connectivity index (χ1v) is 9.70. The van der Waals surface area contributed by atoms with Crippen LogP contribution in [0.15, 0.2) is 81.7 Å². The minimum absolute atomic E-state index is 0.248. The lowest BCUT2D eigenvalue weighted by molar-refractivity contribution is -0.111. The van der Waals surface area contributed by atoms with Crippen LogP contribution in [0.25, 0.3) is 28.6 Å². The monoisotopic (exact) mass is 448 g/mol. The standard InChI is InChI=1S/C23H17BrN2O3/c1-28-20-11-10-17(24)13-15(20)9-12-22(27)25-18-6-4-5-16(14-18)23-26-19-7-2-3-8-21(19)29-23/h2-14H,1H3,(H,25,27)/b12-9+. The van der Waals surface area contributed by atoms with E-state index in [-0.39, 0.29) is 5.91 Å². The van der Waals surface area contributed by atoms with E-state index in [9.17, 15) is 4.79 Å². The maximum Gasteiger partial charge on any atom is 0.248 e. The van der Waals surface area contributed by atoms with Crippen LogP contribution in [0.5, 0.6) is 5.75 Å². The second-order valence-electron chi connectivity index (χ2n) is 6.28. The van der Waals surface area contributed by atoms with Crippen LogP contribution < -0.4 is 10.1 Å². The minimum Gasteiger partial charge on any atom is -0.496 e. The van der Waals surface area contributed by atoms with Crippen molar-refractivity contribution in [3.63, 3.8) is 0 Å². The zero-order chi connectivity index (χ0) is 20.2. The van der Waals surface area contributed by atoms with Crippen LogP contribution in [0.3, 0.4) is 0 Å². The van der Waals surface area contributed by atoms with Crippen LogP contribution >= 0.6 is 15.9 Å². The van der Waals surface area contributed by atoms with Crippen LogP contribution in [0.2, 0.25) is 0 Å². The van der Waals surface area contributed by atoms with Gasteiger partial charge in [-0.1, -0.05) is 34.1 Å². The second kappa shape index (κ2) is 8.32. The van der Waals surface area contributed by atoms with Crippen molar-refractivity contribution >= 4 is 44.7 Å². The van der Waals surface area contributed by atoms with E-state index in [0.717, 1.165) is 26.7 Å². The molecule has 0 unspecified atom stereocenters.